The molecule has 0 aliphatic rings. The number of benzene rings is 3. The van der Waals surface area contributed by atoms with Crippen LogP contribution in [0.2, 0.25) is 0 Å². The van der Waals surface area contributed by atoms with Gasteiger partial charge in [0.25, 0.3) is 11.5 Å². The van der Waals surface area contributed by atoms with Crippen LogP contribution in [-0.2, 0) is 13.0 Å². The summed E-state index contributed by atoms with van der Waals surface area (Å²) >= 11 is 0. The molecule has 6 nitrogen and oxygen atoms in total. The summed E-state index contributed by atoms with van der Waals surface area (Å²) in [5, 5.41) is 9.18. The minimum Gasteiger partial charge on any atom is -0.298 e. The molecule has 1 heterocycles. The number of carbonyl (C=O) groups excluding carboxylic acids is 1. The Morgan fingerprint density at radius 3 is 2.53 bits per heavy atom. The van der Waals surface area contributed by atoms with E-state index in [1.807, 2.05) is 6.07 Å². The first-order chi connectivity index (χ1) is 15.5. The first kappa shape index (κ1) is 21.5. The molecule has 0 fully saturated rings. The van der Waals surface area contributed by atoms with E-state index in [2.05, 4.69) is 61.3 Å². The number of amides is 1. The Labute approximate surface area is 186 Å². The molecule has 1 aromatic heterocycles. The SMILES string of the molecule is CC(C)c1ccc(-c2cccc(CCn3cnc4ccc(C(=O)NO)cc4c3=O)c2)cc1. The summed E-state index contributed by atoms with van der Waals surface area (Å²) in [4.78, 5) is 28.9. The van der Waals surface area contributed by atoms with Gasteiger partial charge in [0.1, 0.15) is 0 Å². The van der Waals surface area contributed by atoms with Crippen LogP contribution in [0.4, 0.5) is 0 Å². The molecule has 4 rings (SSSR count). The molecule has 1 amide bonds. The Kier molecular flexibility index (Phi) is 6.14. The van der Waals surface area contributed by atoms with Crippen LogP contribution in [0.5, 0.6) is 0 Å². The number of rotatable bonds is 6. The number of fused-ring (bicyclic) bond motifs is 1. The number of hydroxylamine groups is 1. The largest absolute Gasteiger partial charge is 0.298 e. The third-order valence-electron chi connectivity index (χ3n) is 5.67. The lowest BCUT2D eigenvalue weighted by molar-refractivity contribution is 0.0706. The lowest BCUT2D eigenvalue weighted by Gasteiger charge is -2.10. The molecular formula is C26H25N3O3. The zero-order valence-electron chi connectivity index (χ0n) is 18.1. The summed E-state index contributed by atoms with van der Waals surface area (Å²) in [6.45, 7) is 4.83. The topological polar surface area (TPSA) is 84.2 Å². The third kappa shape index (κ3) is 4.45. The normalized spacial score (nSPS) is 11.1. The highest BCUT2D eigenvalue weighted by atomic mass is 16.5. The molecule has 2 N–H and O–H groups in total. The van der Waals surface area contributed by atoms with Crippen molar-refractivity contribution in [2.45, 2.75) is 32.7 Å². The van der Waals surface area contributed by atoms with Crippen LogP contribution in [0.25, 0.3) is 22.0 Å². The standard InChI is InChI=1S/C26H25N3O3/c1-17(2)19-6-8-20(9-7-19)21-5-3-4-18(14-21)12-13-29-16-27-24-11-10-22(25(30)28-32)15-23(24)26(29)31/h3-11,14-17,32H,12-13H2,1-2H3,(H,28,30). The maximum Gasteiger partial charge on any atom is 0.274 e. The molecule has 3 aromatic carbocycles. The number of nitrogens with one attached hydrogen (secondary N) is 1. The van der Waals surface area contributed by atoms with Gasteiger partial charge in [-0.3, -0.25) is 19.4 Å². The summed E-state index contributed by atoms with van der Waals surface area (Å²) in [6.07, 6.45) is 2.20. The van der Waals surface area contributed by atoms with Crippen LogP contribution in [0.15, 0.2) is 77.9 Å². The third-order valence-corrected chi connectivity index (χ3v) is 5.67. The zero-order valence-corrected chi connectivity index (χ0v) is 18.1. The second-order valence-electron chi connectivity index (χ2n) is 8.14. The van der Waals surface area contributed by atoms with E-state index in [1.54, 1.807) is 16.1 Å². The molecule has 0 radical (unpaired) electrons. The highest BCUT2D eigenvalue weighted by Crippen LogP contribution is 2.24. The fourth-order valence-corrected chi connectivity index (χ4v) is 3.74. The van der Waals surface area contributed by atoms with Crippen LogP contribution in [0.1, 0.15) is 41.3 Å². The highest BCUT2D eigenvalue weighted by molar-refractivity contribution is 5.97. The Hall–Kier alpha value is -3.77. The average molecular weight is 428 g/mol. The average Bonchev–Trinajstić information content (AvgIpc) is 2.83. The molecule has 0 aliphatic carbocycles. The van der Waals surface area contributed by atoms with Crippen molar-refractivity contribution in [2.24, 2.45) is 0 Å². The van der Waals surface area contributed by atoms with Crippen molar-refractivity contribution >= 4 is 16.8 Å². The maximum atomic E-state index is 12.9. The lowest BCUT2D eigenvalue weighted by Crippen LogP contribution is -2.23. The predicted octanol–water partition coefficient (Wildman–Crippen LogP) is 4.55. The molecule has 0 saturated carbocycles. The number of nitrogens with zero attached hydrogens (tertiary/aromatic N) is 2. The van der Waals surface area contributed by atoms with Gasteiger partial charge in [0.05, 0.1) is 17.2 Å². The van der Waals surface area contributed by atoms with Crippen LogP contribution < -0.4 is 11.0 Å². The van der Waals surface area contributed by atoms with Crippen molar-refractivity contribution in [1.82, 2.24) is 15.0 Å². The molecule has 0 aliphatic heterocycles. The van der Waals surface area contributed by atoms with Crippen molar-refractivity contribution in [3.05, 3.63) is 100 Å². The molecular weight excluding hydrogens is 402 g/mol. The number of aryl methyl sites for hydroxylation is 2. The van der Waals surface area contributed by atoms with Crippen molar-refractivity contribution < 1.29 is 10.0 Å². The zero-order chi connectivity index (χ0) is 22.7. The van der Waals surface area contributed by atoms with Crippen LogP contribution >= 0.6 is 0 Å². The summed E-state index contributed by atoms with van der Waals surface area (Å²) in [5.74, 6) is -0.168. The Bertz CT molecular complexity index is 1320. The highest BCUT2D eigenvalue weighted by Gasteiger charge is 2.10. The van der Waals surface area contributed by atoms with Gasteiger partial charge in [-0.1, -0.05) is 62.4 Å². The van der Waals surface area contributed by atoms with E-state index in [9.17, 15) is 9.59 Å². The summed E-state index contributed by atoms with van der Waals surface area (Å²) in [5.41, 5.74) is 6.81. The number of aromatic nitrogens is 2. The number of hydrogen-bond acceptors (Lipinski definition) is 4. The smallest absolute Gasteiger partial charge is 0.274 e. The van der Waals surface area contributed by atoms with Crippen LogP contribution in [0.3, 0.4) is 0 Å². The number of hydrogen-bond donors (Lipinski definition) is 2. The van der Waals surface area contributed by atoms with Crippen molar-refractivity contribution in [3.8, 4) is 11.1 Å². The van der Waals surface area contributed by atoms with Crippen molar-refractivity contribution in [3.63, 3.8) is 0 Å². The van der Waals surface area contributed by atoms with Crippen molar-refractivity contribution in [1.29, 1.82) is 0 Å². The van der Waals surface area contributed by atoms with E-state index in [1.165, 1.54) is 24.0 Å². The lowest BCUT2D eigenvalue weighted by atomic mass is 9.97. The fourth-order valence-electron chi connectivity index (χ4n) is 3.74. The summed E-state index contributed by atoms with van der Waals surface area (Å²) in [7, 11) is 0. The van der Waals surface area contributed by atoms with E-state index < -0.39 is 5.91 Å². The molecule has 0 saturated heterocycles. The van der Waals surface area contributed by atoms with Gasteiger partial charge in [-0.05, 0) is 52.8 Å². The summed E-state index contributed by atoms with van der Waals surface area (Å²) < 4.78 is 1.55. The van der Waals surface area contributed by atoms with E-state index in [-0.39, 0.29) is 11.1 Å². The first-order valence-electron chi connectivity index (χ1n) is 10.6. The van der Waals surface area contributed by atoms with E-state index in [0.29, 0.717) is 29.8 Å². The maximum absolute atomic E-state index is 12.9. The molecule has 0 atom stereocenters. The van der Waals surface area contributed by atoms with Gasteiger partial charge in [-0.15, -0.1) is 0 Å². The summed E-state index contributed by atoms with van der Waals surface area (Å²) in [6, 6.07) is 21.5. The van der Waals surface area contributed by atoms with Gasteiger partial charge in [-0.25, -0.2) is 10.5 Å². The minimum atomic E-state index is -0.667. The first-order valence-corrected chi connectivity index (χ1v) is 10.6. The second-order valence-corrected chi connectivity index (χ2v) is 8.14. The van der Waals surface area contributed by atoms with Gasteiger partial charge in [0, 0.05) is 12.1 Å². The van der Waals surface area contributed by atoms with Crippen LogP contribution in [-0.4, -0.2) is 20.7 Å². The van der Waals surface area contributed by atoms with Crippen LogP contribution in [0, 0.1) is 0 Å². The monoisotopic (exact) mass is 427 g/mol. The van der Waals surface area contributed by atoms with Gasteiger partial charge < -0.3 is 0 Å². The Balaban J connectivity index is 1.56. The fraction of sp³-hybridized carbons (Fsp3) is 0.192. The van der Waals surface area contributed by atoms with Gasteiger partial charge in [-0.2, -0.15) is 0 Å². The molecule has 0 spiro atoms. The molecule has 0 bridgehead atoms. The molecule has 32 heavy (non-hydrogen) atoms. The second kappa shape index (κ2) is 9.16. The van der Waals surface area contributed by atoms with E-state index >= 15 is 0 Å². The van der Waals surface area contributed by atoms with E-state index in [0.717, 1.165) is 16.7 Å². The van der Waals surface area contributed by atoms with E-state index in [4.69, 9.17) is 5.21 Å². The molecule has 6 heteroatoms. The van der Waals surface area contributed by atoms with Gasteiger partial charge >= 0.3 is 0 Å². The van der Waals surface area contributed by atoms with Gasteiger partial charge in [0.15, 0.2) is 0 Å². The Morgan fingerprint density at radius 1 is 1.03 bits per heavy atom. The molecule has 162 valence electrons. The molecule has 0 unspecified atom stereocenters. The van der Waals surface area contributed by atoms with Gasteiger partial charge in [0.2, 0.25) is 0 Å². The predicted molar refractivity (Wildman–Crippen MR) is 125 cm³/mol. The van der Waals surface area contributed by atoms with Crippen molar-refractivity contribution in [2.75, 3.05) is 0 Å². The Morgan fingerprint density at radius 2 is 1.81 bits per heavy atom. The number of carbonyl (C=O) groups is 1. The minimum absolute atomic E-state index is 0.202. The molecule has 4 aromatic rings. The quantitative estimate of drug-likeness (QED) is 0.349.